The molecular weight excluding hydrogens is 396 g/mol. The van der Waals surface area contributed by atoms with E-state index >= 15 is 0 Å². The first kappa shape index (κ1) is 19.6. The molecule has 1 amide bonds. The summed E-state index contributed by atoms with van der Waals surface area (Å²) in [6.45, 7) is 5.50. The summed E-state index contributed by atoms with van der Waals surface area (Å²) in [5.41, 5.74) is 2.74. The highest BCUT2D eigenvalue weighted by Crippen LogP contribution is 2.35. The van der Waals surface area contributed by atoms with Crippen molar-refractivity contribution in [3.05, 3.63) is 74.0 Å². The molecule has 2 atom stereocenters. The van der Waals surface area contributed by atoms with Gasteiger partial charge < -0.3 is 18.6 Å². The fraction of sp³-hybridized carbons (Fsp3) is 0.375. The van der Waals surface area contributed by atoms with Crippen molar-refractivity contribution >= 4 is 16.9 Å². The maximum absolute atomic E-state index is 13.0. The molecule has 0 unspecified atom stereocenters. The number of pyridine rings is 1. The molecular formula is C24H24N2O5. The average molecular weight is 420 g/mol. The SMILES string of the molecule is Cc1cc(OCC(=O)N2C[C@@H]3C[C@H](C2)c2cccc(=O)n2C3)c2c(C)cc(=O)oc2c1. The Labute approximate surface area is 178 Å². The van der Waals surface area contributed by atoms with E-state index in [4.69, 9.17) is 9.15 Å². The van der Waals surface area contributed by atoms with Gasteiger partial charge in [0.25, 0.3) is 11.5 Å². The third kappa shape index (κ3) is 3.54. The van der Waals surface area contributed by atoms with E-state index in [2.05, 4.69) is 0 Å². The second-order valence-electron chi connectivity index (χ2n) is 8.67. The molecule has 2 bridgehead atoms. The Hall–Kier alpha value is -3.35. The molecule has 0 radical (unpaired) electrons. The maximum atomic E-state index is 13.0. The number of likely N-dealkylation sites (tertiary alicyclic amines) is 1. The number of carbonyl (C=O) groups excluding carboxylic acids is 1. The zero-order chi connectivity index (χ0) is 21.7. The lowest BCUT2D eigenvalue weighted by Crippen LogP contribution is -2.50. The van der Waals surface area contributed by atoms with Crippen molar-refractivity contribution in [1.82, 2.24) is 9.47 Å². The number of hydrogen-bond acceptors (Lipinski definition) is 5. The van der Waals surface area contributed by atoms with Crippen molar-refractivity contribution in [2.75, 3.05) is 19.7 Å². The first-order valence-corrected chi connectivity index (χ1v) is 10.5. The number of fused-ring (bicyclic) bond motifs is 5. The Bertz CT molecular complexity index is 1310. The molecule has 4 heterocycles. The summed E-state index contributed by atoms with van der Waals surface area (Å²) in [6.07, 6.45) is 0.995. The van der Waals surface area contributed by atoms with Gasteiger partial charge in [-0.25, -0.2) is 4.79 Å². The van der Waals surface area contributed by atoms with Gasteiger partial charge in [0, 0.05) is 43.4 Å². The summed E-state index contributed by atoms with van der Waals surface area (Å²) in [5, 5.41) is 0.710. The van der Waals surface area contributed by atoms with E-state index < -0.39 is 5.63 Å². The van der Waals surface area contributed by atoms with E-state index in [0.29, 0.717) is 36.4 Å². The second kappa shape index (κ2) is 7.41. The zero-order valence-corrected chi connectivity index (χ0v) is 17.6. The molecule has 1 aromatic carbocycles. The minimum absolute atomic E-state index is 0.0312. The molecule has 1 saturated heterocycles. The number of hydrogen-bond donors (Lipinski definition) is 0. The predicted octanol–water partition coefficient (Wildman–Crippen LogP) is 2.60. The lowest BCUT2D eigenvalue weighted by atomic mass is 9.83. The van der Waals surface area contributed by atoms with Crippen LogP contribution in [0.4, 0.5) is 0 Å². The quantitative estimate of drug-likeness (QED) is 0.609. The number of amides is 1. The summed E-state index contributed by atoms with van der Waals surface area (Å²) >= 11 is 0. The number of piperidine rings is 1. The van der Waals surface area contributed by atoms with Gasteiger partial charge >= 0.3 is 5.63 Å². The van der Waals surface area contributed by atoms with Gasteiger partial charge in [-0.15, -0.1) is 0 Å². The number of rotatable bonds is 3. The molecule has 1 fully saturated rings. The smallest absolute Gasteiger partial charge is 0.336 e. The standard InChI is InChI=1S/C24H24N2O5/c1-14-6-19(24-15(2)8-23(29)31-20(24)7-14)30-13-22(28)25-10-16-9-17(12-25)18-4-3-5-21(27)26(18)11-16/h3-8,16-17H,9-13H2,1-2H3/t16-,17+/m0/s1. The summed E-state index contributed by atoms with van der Waals surface area (Å²) in [4.78, 5) is 38.8. The van der Waals surface area contributed by atoms with Crippen LogP contribution in [0.5, 0.6) is 5.75 Å². The van der Waals surface area contributed by atoms with Crippen LogP contribution in [-0.2, 0) is 11.3 Å². The number of carbonyl (C=O) groups is 1. The van der Waals surface area contributed by atoms with E-state index in [9.17, 15) is 14.4 Å². The normalized spacial score (nSPS) is 19.9. The van der Waals surface area contributed by atoms with Crippen molar-refractivity contribution in [2.45, 2.75) is 32.7 Å². The predicted molar refractivity (Wildman–Crippen MR) is 116 cm³/mol. The van der Waals surface area contributed by atoms with Gasteiger partial charge in [-0.1, -0.05) is 6.07 Å². The van der Waals surface area contributed by atoms with Crippen LogP contribution in [0.15, 0.2) is 50.4 Å². The van der Waals surface area contributed by atoms with Crippen LogP contribution in [-0.4, -0.2) is 35.1 Å². The molecule has 7 nitrogen and oxygen atoms in total. The van der Waals surface area contributed by atoms with Crippen molar-refractivity contribution in [3.8, 4) is 5.75 Å². The van der Waals surface area contributed by atoms with Crippen molar-refractivity contribution in [1.29, 1.82) is 0 Å². The molecule has 0 saturated carbocycles. The van der Waals surface area contributed by atoms with Crippen LogP contribution >= 0.6 is 0 Å². The fourth-order valence-corrected chi connectivity index (χ4v) is 5.02. The number of aromatic nitrogens is 1. The molecule has 5 rings (SSSR count). The monoisotopic (exact) mass is 420 g/mol. The van der Waals surface area contributed by atoms with Gasteiger partial charge in [0.2, 0.25) is 0 Å². The van der Waals surface area contributed by atoms with Gasteiger partial charge in [-0.2, -0.15) is 0 Å². The van der Waals surface area contributed by atoms with E-state index in [1.807, 2.05) is 35.4 Å². The van der Waals surface area contributed by atoms with Crippen LogP contribution in [0.1, 0.15) is 29.2 Å². The first-order chi connectivity index (χ1) is 14.9. The van der Waals surface area contributed by atoms with Crippen LogP contribution in [0, 0.1) is 19.8 Å². The molecule has 2 aromatic heterocycles. The summed E-state index contributed by atoms with van der Waals surface area (Å²) < 4.78 is 13.1. The van der Waals surface area contributed by atoms with E-state index in [-0.39, 0.29) is 29.9 Å². The molecule has 7 heteroatoms. The highest BCUT2D eigenvalue weighted by molar-refractivity contribution is 5.88. The molecule has 0 spiro atoms. The molecule has 2 aliphatic rings. The van der Waals surface area contributed by atoms with Crippen molar-refractivity contribution < 1.29 is 13.9 Å². The van der Waals surface area contributed by atoms with Crippen LogP contribution in [0.25, 0.3) is 11.0 Å². The zero-order valence-electron chi connectivity index (χ0n) is 17.6. The molecule has 2 aliphatic heterocycles. The Morgan fingerprint density at radius 1 is 1.13 bits per heavy atom. The minimum atomic E-state index is -0.406. The molecule has 3 aromatic rings. The third-order valence-electron chi connectivity index (χ3n) is 6.33. The summed E-state index contributed by atoms with van der Waals surface area (Å²) in [5.74, 6) is 0.901. The average Bonchev–Trinajstić information content (AvgIpc) is 2.71. The maximum Gasteiger partial charge on any atom is 0.336 e. The Morgan fingerprint density at radius 2 is 1.97 bits per heavy atom. The first-order valence-electron chi connectivity index (χ1n) is 10.5. The lowest BCUT2D eigenvalue weighted by molar-refractivity contribution is -0.136. The minimum Gasteiger partial charge on any atom is -0.483 e. The highest BCUT2D eigenvalue weighted by Gasteiger charge is 2.36. The number of nitrogens with zero attached hydrogens (tertiary/aromatic N) is 2. The van der Waals surface area contributed by atoms with Crippen LogP contribution in [0.2, 0.25) is 0 Å². The molecule has 0 N–H and O–H groups in total. The number of aryl methyl sites for hydroxylation is 2. The number of benzene rings is 1. The highest BCUT2D eigenvalue weighted by atomic mass is 16.5. The van der Waals surface area contributed by atoms with Crippen LogP contribution in [0.3, 0.4) is 0 Å². The van der Waals surface area contributed by atoms with Gasteiger partial charge in [0.05, 0.1) is 5.39 Å². The Balaban J connectivity index is 1.36. The lowest BCUT2D eigenvalue weighted by Gasteiger charge is -2.42. The van der Waals surface area contributed by atoms with Gasteiger partial charge in [0.15, 0.2) is 6.61 Å². The Morgan fingerprint density at radius 3 is 2.81 bits per heavy atom. The Kier molecular flexibility index (Phi) is 4.68. The van der Waals surface area contributed by atoms with Gasteiger partial charge in [-0.05, 0) is 55.5 Å². The van der Waals surface area contributed by atoms with Gasteiger partial charge in [0.1, 0.15) is 11.3 Å². The van der Waals surface area contributed by atoms with E-state index in [1.54, 1.807) is 18.2 Å². The van der Waals surface area contributed by atoms with E-state index in [0.717, 1.165) is 23.2 Å². The third-order valence-corrected chi connectivity index (χ3v) is 6.33. The largest absolute Gasteiger partial charge is 0.483 e. The molecule has 160 valence electrons. The van der Waals surface area contributed by atoms with Crippen molar-refractivity contribution in [2.24, 2.45) is 5.92 Å². The topological polar surface area (TPSA) is 81.8 Å². The van der Waals surface area contributed by atoms with Gasteiger partial charge in [-0.3, -0.25) is 9.59 Å². The molecule has 31 heavy (non-hydrogen) atoms. The number of ether oxygens (including phenoxy) is 1. The molecule has 0 aliphatic carbocycles. The van der Waals surface area contributed by atoms with Crippen molar-refractivity contribution in [3.63, 3.8) is 0 Å². The summed E-state index contributed by atoms with van der Waals surface area (Å²) in [6, 6.07) is 10.5. The summed E-state index contributed by atoms with van der Waals surface area (Å²) in [7, 11) is 0. The van der Waals surface area contributed by atoms with E-state index in [1.165, 1.54) is 6.07 Å². The second-order valence-corrected chi connectivity index (χ2v) is 8.67. The fourth-order valence-electron chi connectivity index (χ4n) is 5.02. The van der Waals surface area contributed by atoms with Crippen LogP contribution < -0.4 is 15.9 Å².